The Morgan fingerprint density at radius 1 is 1.48 bits per heavy atom. The molecule has 0 saturated heterocycles. The number of aryl methyl sites for hydroxylation is 1. The van der Waals surface area contributed by atoms with E-state index in [9.17, 15) is 9.59 Å². The molecule has 1 unspecified atom stereocenters. The number of nitrogens with zero attached hydrogens (tertiary/aromatic N) is 4. The van der Waals surface area contributed by atoms with E-state index in [2.05, 4.69) is 20.6 Å². The average molecular weight is 290 g/mol. The van der Waals surface area contributed by atoms with Gasteiger partial charge in [0.2, 0.25) is 5.91 Å². The van der Waals surface area contributed by atoms with Crippen molar-refractivity contribution >= 4 is 5.91 Å². The minimum Gasteiger partial charge on any atom is -0.352 e. The zero-order chi connectivity index (χ0) is 14.7. The van der Waals surface area contributed by atoms with Gasteiger partial charge in [-0.3, -0.25) is 14.0 Å². The van der Waals surface area contributed by atoms with Gasteiger partial charge in [0.05, 0.1) is 6.54 Å². The van der Waals surface area contributed by atoms with Gasteiger partial charge in [-0.25, -0.2) is 9.89 Å². The molecule has 112 valence electrons. The second-order valence-corrected chi connectivity index (χ2v) is 5.14. The Morgan fingerprint density at radius 3 is 3.19 bits per heavy atom. The number of carbonyl (C=O) groups is 1. The molecule has 2 N–H and O–H groups in total. The maximum atomic E-state index is 12.4. The molecule has 0 saturated carbocycles. The van der Waals surface area contributed by atoms with Gasteiger partial charge in [-0.05, 0) is 18.9 Å². The van der Waals surface area contributed by atoms with Crippen LogP contribution in [0.15, 0.2) is 23.3 Å². The summed E-state index contributed by atoms with van der Waals surface area (Å²) in [6.45, 7) is 1.09. The maximum Gasteiger partial charge on any atom is 0.344 e. The third-order valence-corrected chi connectivity index (χ3v) is 3.72. The third-order valence-electron chi connectivity index (χ3n) is 3.72. The zero-order valence-electron chi connectivity index (χ0n) is 11.7. The normalized spacial score (nSPS) is 18.0. The molecule has 0 fully saturated rings. The van der Waals surface area contributed by atoms with Gasteiger partial charge in [0.25, 0.3) is 0 Å². The van der Waals surface area contributed by atoms with Crippen LogP contribution in [0.25, 0.3) is 0 Å². The Morgan fingerprint density at radius 2 is 2.38 bits per heavy atom. The molecule has 0 bridgehead atoms. The standard InChI is InChI=1S/C13H18N6O2/c20-12(14-7-9-18-8-3-6-15-18)10-4-1-2-5-11-16-17-13(21)19(10)11/h3,6,8,10H,1-2,4-5,7,9H2,(H,14,20)(H,17,21). The summed E-state index contributed by atoms with van der Waals surface area (Å²) in [4.78, 5) is 24.2. The van der Waals surface area contributed by atoms with Gasteiger partial charge in [0.15, 0.2) is 0 Å². The highest BCUT2D eigenvalue weighted by Crippen LogP contribution is 2.20. The summed E-state index contributed by atoms with van der Waals surface area (Å²) in [6.07, 6.45) is 6.80. The quantitative estimate of drug-likeness (QED) is 0.818. The molecule has 21 heavy (non-hydrogen) atoms. The third kappa shape index (κ3) is 2.88. The molecule has 2 aromatic rings. The lowest BCUT2D eigenvalue weighted by Gasteiger charge is -2.16. The van der Waals surface area contributed by atoms with Crippen LogP contribution >= 0.6 is 0 Å². The molecular weight excluding hydrogens is 272 g/mol. The van der Waals surface area contributed by atoms with Crippen molar-refractivity contribution in [3.8, 4) is 0 Å². The fourth-order valence-electron chi connectivity index (χ4n) is 2.68. The fourth-order valence-corrected chi connectivity index (χ4v) is 2.68. The van der Waals surface area contributed by atoms with E-state index in [-0.39, 0.29) is 11.6 Å². The summed E-state index contributed by atoms with van der Waals surface area (Å²) < 4.78 is 3.25. The highest BCUT2D eigenvalue weighted by molar-refractivity contribution is 5.80. The molecule has 0 aromatic carbocycles. The summed E-state index contributed by atoms with van der Waals surface area (Å²) in [6, 6.07) is 1.37. The second kappa shape index (κ2) is 5.94. The molecule has 1 atom stereocenters. The van der Waals surface area contributed by atoms with Crippen molar-refractivity contribution in [2.45, 2.75) is 38.3 Å². The first kappa shape index (κ1) is 13.6. The van der Waals surface area contributed by atoms with E-state index >= 15 is 0 Å². The fraction of sp³-hybridized carbons (Fsp3) is 0.538. The topological polar surface area (TPSA) is 97.6 Å². The van der Waals surface area contributed by atoms with E-state index in [1.165, 1.54) is 4.57 Å². The first-order chi connectivity index (χ1) is 10.3. The Kier molecular flexibility index (Phi) is 3.85. The average Bonchev–Trinajstić information content (AvgIpc) is 3.05. The van der Waals surface area contributed by atoms with Crippen LogP contribution in [0.1, 0.15) is 31.1 Å². The number of rotatable bonds is 4. The first-order valence-electron chi connectivity index (χ1n) is 7.16. The molecule has 3 heterocycles. The Hall–Kier alpha value is -2.38. The summed E-state index contributed by atoms with van der Waals surface area (Å²) in [5.74, 6) is 0.540. The van der Waals surface area contributed by atoms with Crippen LogP contribution in [0.3, 0.4) is 0 Å². The molecule has 1 aliphatic heterocycles. The number of carbonyl (C=O) groups excluding carboxylic acids is 1. The van der Waals surface area contributed by atoms with Crippen LogP contribution in [-0.2, 0) is 17.8 Å². The lowest BCUT2D eigenvalue weighted by Crippen LogP contribution is -2.38. The minimum absolute atomic E-state index is 0.131. The van der Waals surface area contributed by atoms with Crippen molar-refractivity contribution in [3.63, 3.8) is 0 Å². The molecule has 0 aliphatic carbocycles. The van der Waals surface area contributed by atoms with E-state index in [1.54, 1.807) is 10.9 Å². The molecule has 0 radical (unpaired) electrons. The van der Waals surface area contributed by atoms with E-state index < -0.39 is 6.04 Å². The predicted octanol–water partition coefficient (Wildman–Crippen LogP) is -0.148. The van der Waals surface area contributed by atoms with Gasteiger partial charge in [-0.1, -0.05) is 6.42 Å². The number of H-pyrrole nitrogens is 1. The van der Waals surface area contributed by atoms with Crippen LogP contribution in [-0.4, -0.2) is 37.0 Å². The number of hydrogen-bond acceptors (Lipinski definition) is 4. The van der Waals surface area contributed by atoms with Gasteiger partial charge in [-0.2, -0.15) is 10.2 Å². The lowest BCUT2D eigenvalue weighted by atomic mass is 10.1. The number of aromatic nitrogens is 5. The van der Waals surface area contributed by atoms with Crippen molar-refractivity contribution < 1.29 is 4.79 Å². The van der Waals surface area contributed by atoms with Gasteiger partial charge >= 0.3 is 5.69 Å². The smallest absolute Gasteiger partial charge is 0.344 e. The van der Waals surface area contributed by atoms with Gasteiger partial charge in [-0.15, -0.1) is 0 Å². The summed E-state index contributed by atoms with van der Waals surface area (Å²) in [7, 11) is 0. The summed E-state index contributed by atoms with van der Waals surface area (Å²) in [5, 5.41) is 13.4. The highest BCUT2D eigenvalue weighted by atomic mass is 16.2. The van der Waals surface area contributed by atoms with E-state index in [1.807, 2.05) is 12.3 Å². The van der Waals surface area contributed by atoms with Gasteiger partial charge in [0, 0.05) is 25.4 Å². The van der Waals surface area contributed by atoms with Crippen molar-refractivity contribution in [2.24, 2.45) is 0 Å². The first-order valence-corrected chi connectivity index (χ1v) is 7.16. The zero-order valence-corrected chi connectivity index (χ0v) is 11.7. The Bertz CT molecular complexity index is 657. The van der Waals surface area contributed by atoms with Crippen LogP contribution in [0.5, 0.6) is 0 Å². The van der Waals surface area contributed by atoms with Gasteiger partial charge < -0.3 is 5.32 Å². The monoisotopic (exact) mass is 290 g/mol. The van der Waals surface area contributed by atoms with Crippen LogP contribution < -0.4 is 11.0 Å². The van der Waals surface area contributed by atoms with Crippen molar-refractivity contribution in [1.29, 1.82) is 0 Å². The molecule has 8 heteroatoms. The molecule has 1 amide bonds. The van der Waals surface area contributed by atoms with Crippen LogP contribution in [0, 0.1) is 0 Å². The predicted molar refractivity (Wildman–Crippen MR) is 74.7 cm³/mol. The van der Waals surface area contributed by atoms with E-state index in [0.29, 0.717) is 25.3 Å². The summed E-state index contributed by atoms with van der Waals surface area (Å²) in [5.41, 5.74) is -0.306. The minimum atomic E-state index is -0.466. The largest absolute Gasteiger partial charge is 0.352 e. The number of aromatic amines is 1. The Balaban J connectivity index is 1.66. The van der Waals surface area contributed by atoms with Crippen LogP contribution in [0.4, 0.5) is 0 Å². The second-order valence-electron chi connectivity index (χ2n) is 5.14. The number of hydrogen-bond donors (Lipinski definition) is 2. The molecule has 1 aliphatic rings. The molecule has 8 nitrogen and oxygen atoms in total. The van der Waals surface area contributed by atoms with Crippen molar-refractivity contribution in [3.05, 3.63) is 34.8 Å². The van der Waals surface area contributed by atoms with E-state index in [4.69, 9.17) is 0 Å². The van der Waals surface area contributed by atoms with E-state index in [0.717, 1.165) is 19.3 Å². The molecular formula is C13H18N6O2. The maximum absolute atomic E-state index is 12.4. The molecule has 0 spiro atoms. The van der Waals surface area contributed by atoms with Gasteiger partial charge in [0.1, 0.15) is 11.9 Å². The molecule has 3 rings (SSSR count). The lowest BCUT2D eigenvalue weighted by molar-refractivity contribution is -0.124. The number of nitrogens with one attached hydrogen (secondary N) is 2. The number of amides is 1. The van der Waals surface area contributed by atoms with Crippen LogP contribution in [0.2, 0.25) is 0 Å². The van der Waals surface area contributed by atoms with Crippen molar-refractivity contribution in [2.75, 3.05) is 6.54 Å². The summed E-state index contributed by atoms with van der Waals surface area (Å²) >= 11 is 0. The number of fused-ring (bicyclic) bond motifs is 1. The van der Waals surface area contributed by atoms with Crippen molar-refractivity contribution in [1.82, 2.24) is 29.9 Å². The molecule has 2 aromatic heterocycles. The highest BCUT2D eigenvalue weighted by Gasteiger charge is 2.27. The SMILES string of the molecule is O=C(NCCn1cccn1)C1CCCCc2n[nH]c(=O)n21. The Labute approximate surface area is 121 Å².